The largest absolute Gasteiger partial charge is 0.325 e. The summed E-state index contributed by atoms with van der Waals surface area (Å²) in [6.45, 7) is 1.65. The van der Waals surface area contributed by atoms with Crippen molar-refractivity contribution in [2.45, 2.75) is 12.1 Å². The molecular weight excluding hydrogens is 443 g/mol. The minimum atomic E-state index is -0.389. The number of hydrogen-bond acceptors (Lipinski definition) is 6. The number of carbonyl (C=O) groups excluding carboxylic acids is 1. The third-order valence-corrected chi connectivity index (χ3v) is 6.47. The second kappa shape index (κ2) is 8.50. The van der Waals surface area contributed by atoms with Crippen LogP contribution in [0.1, 0.15) is 5.56 Å². The van der Waals surface area contributed by atoms with Gasteiger partial charge in [0.05, 0.1) is 5.75 Å². The highest BCUT2D eigenvalue weighted by Gasteiger charge is 2.14. The van der Waals surface area contributed by atoms with Gasteiger partial charge in [0.15, 0.2) is 14.8 Å². The minimum absolute atomic E-state index is 0.000147. The molecule has 0 fully saturated rings. The molecule has 2 aromatic heterocycles. The highest BCUT2D eigenvalue weighted by Crippen LogP contribution is 2.24. The molecule has 0 aliphatic carbocycles. The summed E-state index contributed by atoms with van der Waals surface area (Å²) in [5.74, 6) is -0.726. The Morgan fingerprint density at radius 1 is 1.30 bits per heavy atom. The Bertz CT molecular complexity index is 1360. The lowest BCUT2D eigenvalue weighted by atomic mass is 10.2. The highest BCUT2D eigenvalue weighted by molar-refractivity contribution is 7.99. The summed E-state index contributed by atoms with van der Waals surface area (Å²) in [5, 5.41) is 2.94. The topological polar surface area (TPSA) is 79.8 Å². The molecule has 0 spiro atoms. The molecular formula is C20H15FN4O2S3. The Morgan fingerprint density at radius 3 is 2.80 bits per heavy atom. The van der Waals surface area contributed by atoms with Crippen molar-refractivity contribution in [2.75, 3.05) is 11.1 Å². The summed E-state index contributed by atoms with van der Waals surface area (Å²) in [7, 11) is 0. The number of fused-ring (bicyclic) bond motifs is 1. The van der Waals surface area contributed by atoms with Crippen molar-refractivity contribution in [3.8, 4) is 5.69 Å². The van der Waals surface area contributed by atoms with Gasteiger partial charge in [0.1, 0.15) is 10.5 Å². The number of nitrogens with one attached hydrogen (secondary N) is 2. The van der Waals surface area contributed by atoms with E-state index in [1.807, 2.05) is 30.3 Å². The monoisotopic (exact) mass is 458 g/mol. The summed E-state index contributed by atoms with van der Waals surface area (Å²) >= 11 is 7.69. The Morgan fingerprint density at radius 2 is 2.07 bits per heavy atom. The molecule has 0 atom stereocenters. The van der Waals surface area contributed by atoms with Crippen LogP contribution >= 0.6 is 35.3 Å². The molecule has 0 aliphatic rings. The zero-order valence-electron chi connectivity index (χ0n) is 15.6. The van der Waals surface area contributed by atoms with Crippen molar-refractivity contribution < 1.29 is 9.18 Å². The number of nitrogens with zero attached hydrogens (tertiary/aromatic N) is 2. The second-order valence-electron chi connectivity index (χ2n) is 6.36. The first-order valence-corrected chi connectivity index (χ1v) is 11.0. The normalized spacial score (nSPS) is 11.0. The number of benzene rings is 2. The molecule has 2 aromatic carbocycles. The van der Waals surface area contributed by atoms with Crippen LogP contribution in [-0.2, 0) is 4.79 Å². The Kier molecular flexibility index (Phi) is 5.80. The molecule has 30 heavy (non-hydrogen) atoms. The van der Waals surface area contributed by atoms with Gasteiger partial charge in [0.2, 0.25) is 5.91 Å². The molecule has 4 rings (SSSR count). The average Bonchev–Trinajstić information content (AvgIpc) is 3.06. The van der Waals surface area contributed by atoms with Crippen molar-refractivity contribution >= 4 is 57.3 Å². The SMILES string of the molecule is Cc1ccc(NC(=O)CSc2nc3c(sc(=S)n3-c3ccccc3)c(=O)[nH]2)cc1F. The quantitative estimate of drug-likeness (QED) is 0.258. The van der Waals surface area contributed by atoms with Crippen molar-refractivity contribution in [2.24, 2.45) is 0 Å². The molecule has 0 radical (unpaired) electrons. The first kappa shape index (κ1) is 20.5. The van der Waals surface area contributed by atoms with E-state index in [9.17, 15) is 14.0 Å². The van der Waals surface area contributed by atoms with Crippen LogP contribution in [0.5, 0.6) is 0 Å². The van der Waals surface area contributed by atoms with Crippen molar-refractivity contribution in [3.63, 3.8) is 0 Å². The van der Waals surface area contributed by atoms with E-state index in [0.29, 0.717) is 30.7 Å². The molecule has 2 N–H and O–H groups in total. The zero-order valence-corrected chi connectivity index (χ0v) is 18.1. The maximum atomic E-state index is 13.6. The van der Waals surface area contributed by atoms with E-state index in [1.165, 1.54) is 17.4 Å². The van der Waals surface area contributed by atoms with Crippen molar-refractivity contribution in [1.29, 1.82) is 0 Å². The predicted molar refractivity (Wildman–Crippen MR) is 121 cm³/mol. The lowest BCUT2D eigenvalue weighted by Gasteiger charge is -2.07. The van der Waals surface area contributed by atoms with Gasteiger partial charge in [-0.1, -0.05) is 47.4 Å². The van der Waals surface area contributed by atoms with Gasteiger partial charge in [-0.05, 0) is 49.0 Å². The van der Waals surface area contributed by atoms with Crippen molar-refractivity contribution in [3.05, 3.63) is 74.2 Å². The van der Waals surface area contributed by atoms with Crippen LogP contribution in [-0.4, -0.2) is 26.2 Å². The Balaban J connectivity index is 1.57. The minimum Gasteiger partial charge on any atom is -0.325 e. The fourth-order valence-electron chi connectivity index (χ4n) is 2.77. The van der Waals surface area contributed by atoms with Crippen LogP contribution < -0.4 is 10.9 Å². The lowest BCUT2D eigenvalue weighted by Crippen LogP contribution is -2.15. The number of rotatable bonds is 5. The van der Waals surface area contributed by atoms with E-state index in [0.717, 1.165) is 17.4 Å². The number of anilines is 1. The fraction of sp³-hybridized carbons (Fsp3) is 0.100. The van der Waals surface area contributed by atoms with Gasteiger partial charge in [0, 0.05) is 11.4 Å². The molecule has 2 heterocycles. The van der Waals surface area contributed by atoms with E-state index in [2.05, 4.69) is 15.3 Å². The van der Waals surface area contributed by atoms with E-state index in [-0.39, 0.29) is 23.0 Å². The van der Waals surface area contributed by atoms with Gasteiger partial charge in [-0.25, -0.2) is 9.37 Å². The number of thioether (sulfide) groups is 1. The van der Waals surface area contributed by atoms with Crippen LogP contribution in [0.25, 0.3) is 16.0 Å². The van der Waals surface area contributed by atoms with E-state index in [1.54, 1.807) is 23.6 Å². The Hall–Kier alpha value is -2.82. The summed E-state index contributed by atoms with van der Waals surface area (Å²) in [4.78, 5) is 31.9. The third-order valence-electron chi connectivity index (χ3n) is 4.23. The number of H-pyrrole nitrogens is 1. The second-order valence-corrected chi connectivity index (χ2v) is 8.97. The molecule has 10 heteroatoms. The maximum absolute atomic E-state index is 13.6. The zero-order chi connectivity index (χ0) is 21.3. The summed E-state index contributed by atoms with van der Waals surface area (Å²) in [6.07, 6.45) is 0. The number of para-hydroxylation sites is 1. The maximum Gasteiger partial charge on any atom is 0.271 e. The Labute approximate surface area is 183 Å². The van der Waals surface area contributed by atoms with Crippen LogP contribution in [0.2, 0.25) is 0 Å². The van der Waals surface area contributed by atoms with E-state index < -0.39 is 0 Å². The van der Waals surface area contributed by atoms with E-state index in [4.69, 9.17) is 12.2 Å². The molecule has 152 valence electrons. The first-order valence-electron chi connectivity index (χ1n) is 8.82. The molecule has 0 saturated heterocycles. The number of aromatic amines is 1. The number of halogens is 1. The van der Waals surface area contributed by atoms with Gasteiger partial charge in [0.25, 0.3) is 5.56 Å². The summed E-state index contributed by atoms with van der Waals surface area (Å²) in [6, 6.07) is 13.9. The molecule has 0 bridgehead atoms. The molecule has 6 nitrogen and oxygen atoms in total. The van der Waals surface area contributed by atoms with Gasteiger partial charge in [-0.15, -0.1) is 0 Å². The lowest BCUT2D eigenvalue weighted by molar-refractivity contribution is -0.113. The number of amides is 1. The highest BCUT2D eigenvalue weighted by atomic mass is 32.2. The standard InChI is InChI=1S/C20H15FN4O2S3/c1-11-7-8-12(9-14(11)21)22-15(26)10-29-19-23-17-16(18(27)24-19)30-20(28)25(17)13-5-3-2-4-6-13/h2-9H,10H2,1H3,(H,22,26)(H,23,24,27). The molecule has 0 unspecified atom stereocenters. The number of carbonyl (C=O) groups is 1. The third kappa shape index (κ3) is 4.20. The molecule has 1 amide bonds. The summed E-state index contributed by atoms with van der Waals surface area (Å²) in [5.41, 5.74) is 1.82. The predicted octanol–water partition coefficient (Wildman–Crippen LogP) is 4.68. The fourth-order valence-corrected chi connectivity index (χ4v) is 4.70. The molecule has 4 aromatic rings. The van der Waals surface area contributed by atoms with Crippen molar-refractivity contribution in [1.82, 2.24) is 14.5 Å². The van der Waals surface area contributed by atoms with Crippen LogP contribution in [0.3, 0.4) is 0 Å². The van der Waals surface area contributed by atoms with Gasteiger partial charge in [-0.3, -0.25) is 14.2 Å². The smallest absolute Gasteiger partial charge is 0.271 e. The van der Waals surface area contributed by atoms with Gasteiger partial charge >= 0.3 is 0 Å². The number of hydrogen-bond donors (Lipinski definition) is 2. The molecule has 0 aliphatic heterocycles. The van der Waals surface area contributed by atoms with Crippen LogP contribution in [0, 0.1) is 16.7 Å². The number of aromatic nitrogens is 3. The van der Waals surface area contributed by atoms with Gasteiger partial charge < -0.3 is 10.3 Å². The molecule has 0 saturated carbocycles. The first-order chi connectivity index (χ1) is 14.4. The van der Waals surface area contributed by atoms with Crippen LogP contribution in [0.4, 0.5) is 10.1 Å². The van der Waals surface area contributed by atoms with Crippen LogP contribution in [0.15, 0.2) is 58.5 Å². The van der Waals surface area contributed by atoms with Gasteiger partial charge in [-0.2, -0.15) is 0 Å². The van der Waals surface area contributed by atoms with E-state index >= 15 is 0 Å². The number of thiazole rings is 1. The summed E-state index contributed by atoms with van der Waals surface area (Å²) < 4.78 is 16.3. The number of aryl methyl sites for hydroxylation is 1. The average molecular weight is 459 g/mol.